The van der Waals surface area contributed by atoms with Crippen molar-refractivity contribution >= 4 is 0 Å². The molecule has 0 bridgehead atoms. The number of aliphatic hydroxyl groups excluding tert-OH is 1. The van der Waals surface area contributed by atoms with Crippen LogP contribution in [0.1, 0.15) is 5.56 Å². The lowest BCUT2D eigenvalue weighted by molar-refractivity contribution is 0.0443. The fourth-order valence-corrected chi connectivity index (χ4v) is 1.06. The summed E-state index contributed by atoms with van der Waals surface area (Å²) in [5, 5.41) is 9.27. The molecule has 1 aromatic rings. The van der Waals surface area contributed by atoms with Crippen LogP contribution in [0.4, 0.5) is 0 Å². The molecular formula is C11H14O3. The molecule has 14 heavy (non-hydrogen) atoms. The van der Waals surface area contributed by atoms with Crippen LogP contribution in [-0.4, -0.2) is 24.4 Å². The number of aryl methyl sites for hydroxylation is 1. The summed E-state index contributed by atoms with van der Waals surface area (Å²) in [6.45, 7) is 2.20. The van der Waals surface area contributed by atoms with Crippen molar-refractivity contribution in [3.8, 4) is 5.75 Å². The molecule has 0 saturated carbocycles. The molecule has 1 atom stereocenters. The van der Waals surface area contributed by atoms with Gasteiger partial charge in [0.25, 0.3) is 0 Å². The van der Waals surface area contributed by atoms with E-state index in [1.165, 1.54) is 0 Å². The van der Waals surface area contributed by atoms with Gasteiger partial charge in [-0.25, -0.2) is 0 Å². The Morgan fingerprint density at radius 2 is 2.07 bits per heavy atom. The molecule has 0 spiro atoms. The van der Waals surface area contributed by atoms with Gasteiger partial charge in [-0.05, 0) is 18.6 Å². The standard InChI is InChI=1S/C11H14O3/c1-9-5-3-4-6-11(9)14-8-10(12)7-13-2/h2-6,10,12H,7-8H2,1H3. The van der Waals surface area contributed by atoms with Crippen molar-refractivity contribution in [1.82, 2.24) is 0 Å². The van der Waals surface area contributed by atoms with Gasteiger partial charge in [0, 0.05) is 0 Å². The highest BCUT2D eigenvalue weighted by atomic mass is 16.5. The molecular weight excluding hydrogens is 180 g/mol. The molecule has 0 heterocycles. The summed E-state index contributed by atoms with van der Waals surface area (Å²) >= 11 is 0. The smallest absolute Gasteiger partial charge is 0.122 e. The fourth-order valence-electron chi connectivity index (χ4n) is 1.06. The maximum atomic E-state index is 9.27. The van der Waals surface area contributed by atoms with Crippen molar-refractivity contribution < 1.29 is 14.6 Å². The van der Waals surface area contributed by atoms with Gasteiger partial charge in [0.05, 0.1) is 6.61 Å². The van der Waals surface area contributed by atoms with Gasteiger partial charge in [-0.2, -0.15) is 0 Å². The van der Waals surface area contributed by atoms with E-state index in [0.29, 0.717) is 0 Å². The SMILES string of the molecule is [CH]OCC(O)COc1ccccc1C. The van der Waals surface area contributed by atoms with Crippen molar-refractivity contribution in [3.05, 3.63) is 36.9 Å². The summed E-state index contributed by atoms with van der Waals surface area (Å²) < 4.78 is 9.66. The molecule has 0 saturated heterocycles. The van der Waals surface area contributed by atoms with Crippen LogP contribution in [0.3, 0.4) is 0 Å². The van der Waals surface area contributed by atoms with Crippen LogP contribution in [0.25, 0.3) is 0 Å². The molecule has 1 N–H and O–H groups in total. The zero-order valence-electron chi connectivity index (χ0n) is 8.14. The summed E-state index contributed by atoms with van der Waals surface area (Å²) in [4.78, 5) is 0. The van der Waals surface area contributed by atoms with Crippen LogP contribution in [0.5, 0.6) is 5.75 Å². The third kappa shape index (κ3) is 3.36. The van der Waals surface area contributed by atoms with Crippen LogP contribution in [-0.2, 0) is 4.74 Å². The number of hydrogen-bond donors (Lipinski definition) is 1. The lowest BCUT2D eigenvalue weighted by atomic mass is 10.2. The summed E-state index contributed by atoms with van der Waals surface area (Å²) in [5.41, 5.74) is 1.04. The minimum Gasteiger partial charge on any atom is -0.491 e. The highest BCUT2D eigenvalue weighted by Gasteiger charge is 2.05. The fraction of sp³-hybridized carbons (Fsp3) is 0.364. The van der Waals surface area contributed by atoms with E-state index in [9.17, 15) is 5.11 Å². The van der Waals surface area contributed by atoms with Crippen molar-refractivity contribution in [2.75, 3.05) is 13.2 Å². The van der Waals surface area contributed by atoms with Gasteiger partial charge >= 0.3 is 0 Å². The monoisotopic (exact) mass is 194 g/mol. The average molecular weight is 194 g/mol. The first-order chi connectivity index (χ1) is 6.74. The minimum atomic E-state index is -0.695. The summed E-state index contributed by atoms with van der Waals surface area (Å²) in [6, 6.07) is 7.61. The average Bonchev–Trinajstić information content (AvgIpc) is 2.17. The molecule has 3 nitrogen and oxygen atoms in total. The Labute approximate surface area is 84.3 Å². The summed E-state index contributed by atoms with van der Waals surface area (Å²) in [5.74, 6) is 0.767. The zero-order chi connectivity index (χ0) is 10.4. The largest absolute Gasteiger partial charge is 0.491 e. The highest BCUT2D eigenvalue weighted by Crippen LogP contribution is 2.16. The van der Waals surface area contributed by atoms with Crippen molar-refractivity contribution in [1.29, 1.82) is 0 Å². The molecule has 2 radical (unpaired) electrons. The molecule has 0 aliphatic carbocycles. The molecule has 1 aromatic carbocycles. The van der Waals surface area contributed by atoms with E-state index in [1.54, 1.807) is 0 Å². The van der Waals surface area contributed by atoms with Gasteiger partial charge in [-0.3, -0.25) is 0 Å². The quantitative estimate of drug-likeness (QED) is 0.770. The van der Waals surface area contributed by atoms with Gasteiger partial charge in [0.1, 0.15) is 25.6 Å². The molecule has 0 aromatic heterocycles. The first-order valence-electron chi connectivity index (χ1n) is 4.42. The van der Waals surface area contributed by atoms with E-state index >= 15 is 0 Å². The van der Waals surface area contributed by atoms with Gasteiger partial charge in [-0.15, -0.1) is 0 Å². The molecule has 0 amide bonds. The maximum absolute atomic E-state index is 9.27. The van der Waals surface area contributed by atoms with Crippen molar-refractivity contribution in [2.45, 2.75) is 13.0 Å². The number of aliphatic hydroxyl groups is 1. The third-order valence-electron chi connectivity index (χ3n) is 1.81. The summed E-state index contributed by atoms with van der Waals surface area (Å²) in [6.07, 6.45) is -0.695. The molecule has 76 valence electrons. The van der Waals surface area contributed by atoms with Crippen LogP contribution >= 0.6 is 0 Å². The molecule has 1 unspecified atom stereocenters. The van der Waals surface area contributed by atoms with Crippen molar-refractivity contribution in [2.24, 2.45) is 0 Å². The molecule has 1 rings (SSSR count). The van der Waals surface area contributed by atoms with Gasteiger partial charge in [0.2, 0.25) is 0 Å². The highest BCUT2D eigenvalue weighted by molar-refractivity contribution is 5.31. The number of ether oxygens (including phenoxy) is 2. The van der Waals surface area contributed by atoms with Gasteiger partial charge in [0.15, 0.2) is 0 Å². The Bertz CT molecular complexity index is 273. The second kappa shape index (κ2) is 5.62. The van der Waals surface area contributed by atoms with Crippen LogP contribution in [0, 0.1) is 14.0 Å². The number of hydrogen-bond acceptors (Lipinski definition) is 3. The van der Waals surface area contributed by atoms with E-state index in [1.807, 2.05) is 31.2 Å². The van der Waals surface area contributed by atoms with Gasteiger partial charge < -0.3 is 14.6 Å². The molecule has 0 aliphatic heterocycles. The van der Waals surface area contributed by atoms with E-state index in [-0.39, 0.29) is 13.2 Å². The van der Waals surface area contributed by atoms with Crippen LogP contribution in [0.2, 0.25) is 0 Å². The second-order valence-corrected chi connectivity index (χ2v) is 3.06. The second-order valence-electron chi connectivity index (χ2n) is 3.06. The lowest BCUT2D eigenvalue weighted by Crippen LogP contribution is -2.22. The predicted octanol–water partition coefficient (Wildman–Crippen LogP) is 1.42. The minimum absolute atomic E-state index is 0.0753. The van der Waals surface area contributed by atoms with Crippen LogP contribution in [0.15, 0.2) is 24.3 Å². The molecule has 0 fully saturated rings. The molecule has 0 aliphatic rings. The number of rotatable bonds is 5. The van der Waals surface area contributed by atoms with E-state index in [0.717, 1.165) is 11.3 Å². The zero-order valence-corrected chi connectivity index (χ0v) is 8.14. The van der Waals surface area contributed by atoms with E-state index < -0.39 is 6.10 Å². The van der Waals surface area contributed by atoms with E-state index in [2.05, 4.69) is 4.74 Å². The normalized spacial score (nSPS) is 12.5. The Morgan fingerprint density at radius 1 is 1.36 bits per heavy atom. The lowest BCUT2D eigenvalue weighted by Gasteiger charge is -2.12. The topological polar surface area (TPSA) is 38.7 Å². The first-order valence-corrected chi connectivity index (χ1v) is 4.42. The van der Waals surface area contributed by atoms with Crippen LogP contribution < -0.4 is 4.74 Å². The maximum Gasteiger partial charge on any atom is 0.122 e. The predicted molar refractivity (Wildman–Crippen MR) is 52.9 cm³/mol. The Hall–Kier alpha value is -1.06. The Balaban J connectivity index is 2.41. The van der Waals surface area contributed by atoms with E-state index in [4.69, 9.17) is 11.8 Å². The third-order valence-corrected chi connectivity index (χ3v) is 1.81. The first kappa shape index (κ1) is 11.0. The Morgan fingerprint density at radius 3 is 2.71 bits per heavy atom. The van der Waals surface area contributed by atoms with Crippen molar-refractivity contribution in [3.63, 3.8) is 0 Å². The number of benzene rings is 1. The Kier molecular flexibility index (Phi) is 4.43. The van der Waals surface area contributed by atoms with Gasteiger partial charge in [-0.1, -0.05) is 18.2 Å². The summed E-state index contributed by atoms with van der Waals surface area (Å²) in [7, 11) is 4.81. The number of para-hydroxylation sites is 1. The molecule has 3 heteroatoms.